The van der Waals surface area contributed by atoms with E-state index in [1.54, 1.807) is 5.32 Å². The average Bonchev–Trinajstić information content (AvgIpc) is 2.89. The van der Waals surface area contributed by atoms with Gasteiger partial charge < -0.3 is 25.2 Å². The van der Waals surface area contributed by atoms with Gasteiger partial charge in [0.05, 0.1) is 12.5 Å². The van der Waals surface area contributed by atoms with Crippen LogP contribution in [0.2, 0.25) is 0 Å². The van der Waals surface area contributed by atoms with E-state index < -0.39 is 23.9 Å². The number of nitrogens with two attached hydrogens (primary N) is 1. The molecule has 2 heterocycles. The van der Waals surface area contributed by atoms with E-state index in [2.05, 4.69) is 23.8 Å². The Morgan fingerprint density at radius 1 is 0.775 bits per heavy atom. The van der Waals surface area contributed by atoms with Crippen LogP contribution in [0.25, 0.3) is 0 Å². The fraction of sp³-hybridized carbons (Fsp3) is 0.793. The van der Waals surface area contributed by atoms with E-state index in [4.69, 9.17) is 15.3 Å². The summed E-state index contributed by atoms with van der Waals surface area (Å²) in [6, 6.07) is -0.308. The van der Waals surface area contributed by atoms with Crippen molar-refractivity contribution in [2.45, 2.75) is 130 Å². The summed E-state index contributed by atoms with van der Waals surface area (Å²) in [6.07, 6.45) is 13.5. The molecule has 0 spiro atoms. The van der Waals surface area contributed by atoms with Crippen molar-refractivity contribution in [3.05, 3.63) is 0 Å². The van der Waals surface area contributed by atoms with Crippen LogP contribution in [0, 0.1) is 5.92 Å². The lowest BCUT2D eigenvalue weighted by Gasteiger charge is -2.15. The van der Waals surface area contributed by atoms with E-state index in [1.807, 2.05) is 13.8 Å². The predicted molar refractivity (Wildman–Crippen MR) is 154 cm³/mol. The molecule has 2 aliphatic rings. The highest BCUT2D eigenvalue weighted by Crippen LogP contribution is 2.14. The van der Waals surface area contributed by atoms with E-state index in [0.717, 1.165) is 43.7 Å². The van der Waals surface area contributed by atoms with Gasteiger partial charge in [-0.3, -0.25) is 19.9 Å². The van der Waals surface area contributed by atoms with E-state index in [0.29, 0.717) is 38.8 Å². The number of unbranched alkanes of at least 4 members (excludes halogenated alkanes) is 8. The zero-order valence-corrected chi connectivity index (χ0v) is 25.0. The Balaban J connectivity index is 0. The number of carbonyl (C=O) groups is 4. The van der Waals surface area contributed by atoms with Gasteiger partial charge in [0.2, 0.25) is 0 Å². The Morgan fingerprint density at radius 2 is 1.30 bits per heavy atom. The predicted octanol–water partition coefficient (Wildman–Crippen LogP) is 3.30. The number of aliphatic carboxylic acids is 4. The van der Waals surface area contributed by atoms with E-state index in [9.17, 15) is 24.3 Å². The summed E-state index contributed by atoms with van der Waals surface area (Å²) >= 11 is 0. The summed E-state index contributed by atoms with van der Waals surface area (Å²) in [7, 11) is 0. The van der Waals surface area contributed by atoms with Crippen molar-refractivity contribution in [2.75, 3.05) is 13.1 Å². The summed E-state index contributed by atoms with van der Waals surface area (Å²) in [5.74, 6) is -2.35. The molecule has 11 nitrogen and oxygen atoms in total. The monoisotopic (exact) mass is 571 g/mol. The van der Waals surface area contributed by atoms with Crippen LogP contribution >= 0.6 is 0 Å². The van der Waals surface area contributed by atoms with Crippen molar-refractivity contribution in [3.8, 4) is 0 Å². The summed E-state index contributed by atoms with van der Waals surface area (Å²) in [4.78, 5) is 49.0. The first kappa shape index (κ1) is 39.3. The highest BCUT2D eigenvalue weighted by molar-refractivity contribution is 5.87. The number of carbonyl (C=O) groups excluding carboxylic acids is 1. The number of quaternary nitrogens is 1. The Hall–Kier alpha value is -2.82. The molecular formula is C29H53N3O8. The smallest absolute Gasteiger partial charge is 0.362 e. The zero-order chi connectivity index (χ0) is 30.8. The lowest BCUT2D eigenvalue weighted by molar-refractivity contribution is -0.573. The van der Waals surface area contributed by atoms with Crippen LogP contribution in [-0.4, -0.2) is 69.9 Å². The molecule has 2 unspecified atom stereocenters. The van der Waals surface area contributed by atoms with Crippen LogP contribution < -0.4 is 10.4 Å². The third-order valence-corrected chi connectivity index (χ3v) is 6.29. The molecule has 2 atom stereocenters. The minimum atomic E-state index is -0.920. The first-order valence-corrected chi connectivity index (χ1v) is 14.7. The number of hydrogen-bond acceptors (Lipinski definition) is 7. The van der Waals surface area contributed by atoms with Crippen LogP contribution in [-0.2, 0) is 19.2 Å². The summed E-state index contributed by atoms with van der Waals surface area (Å²) < 4.78 is 0. The molecular weight excluding hydrogens is 518 g/mol. The Morgan fingerprint density at radius 3 is 1.68 bits per heavy atom. The molecule has 0 aromatic carbocycles. The first-order chi connectivity index (χ1) is 18.9. The average molecular weight is 572 g/mol. The molecule has 232 valence electrons. The second-order valence-electron chi connectivity index (χ2n) is 10.2. The number of amidine groups is 1. The van der Waals surface area contributed by atoms with E-state index in [1.165, 1.54) is 32.1 Å². The fourth-order valence-corrected chi connectivity index (χ4v) is 3.90. The van der Waals surface area contributed by atoms with E-state index >= 15 is 0 Å². The standard InChI is InChI=1S/2C8H16O2.C7H11NO2.C6H10N2O2/c2*1-2-3-4-5-6-7-8(9)10;1-5-4-6(7(9)10)2-3-8-5;1-4-7-3-2-5(8-4)6(9)10/h2*2-7H2,1H3,(H,9,10);6H,2-4H2,1H3,(H,9,10);5H,2-3H2,1H3,(H,7,8)(H,9,10). The molecule has 0 radical (unpaired) electrons. The second kappa shape index (κ2) is 26.4. The van der Waals surface area contributed by atoms with Crippen LogP contribution in [0.5, 0.6) is 0 Å². The van der Waals surface area contributed by atoms with Gasteiger partial charge in [0.1, 0.15) is 0 Å². The Kier molecular flexibility index (Phi) is 26.0. The Labute approximate surface area is 239 Å². The summed E-state index contributed by atoms with van der Waals surface area (Å²) in [6.45, 7) is 9.34. The summed E-state index contributed by atoms with van der Waals surface area (Å²) in [5.41, 5.74) is 0.971. The third-order valence-electron chi connectivity index (χ3n) is 6.29. The normalized spacial score (nSPS) is 17.7. The van der Waals surface area contributed by atoms with Gasteiger partial charge in [-0.15, -0.1) is 0 Å². The molecule has 2 rings (SSSR count). The maximum atomic E-state index is 10.4. The van der Waals surface area contributed by atoms with Gasteiger partial charge in [0.25, 0.3) is 0 Å². The number of rotatable bonds is 14. The largest absolute Gasteiger partial charge is 0.550 e. The number of aliphatic imine (C=N–C) groups is 2. The number of carboxylic acids is 4. The van der Waals surface area contributed by atoms with Crippen LogP contribution in [0.1, 0.15) is 124 Å². The maximum absolute atomic E-state index is 10.4. The molecule has 0 aliphatic carbocycles. The van der Waals surface area contributed by atoms with Gasteiger partial charge in [-0.05, 0) is 39.0 Å². The van der Waals surface area contributed by atoms with Crippen LogP contribution in [0.15, 0.2) is 9.98 Å². The lowest BCUT2D eigenvalue weighted by Crippen LogP contribution is -2.95. The van der Waals surface area contributed by atoms with Crippen molar-refractivity contribution in [1.29, 1.82) is 0 Å². The number of nitrogens with zero attached hydrogens (tertiary/aromatic N) is 2. The minimum absolute atomic E-state index is 0.183. The van der Waals surface area contributed by atoms with Gasteiger partial charge in [-0.1, -0.05) is 65.2 Å². The molecule has 40 heavy (non-hydrogen) atoms. The minimum Gasteiger partial charge on any atom is -0.550 e. The van der Waals surface area contributed by atoms with Gasteiger partial charge in [-0.2, -0.15) is 0 Å². The fourth-order valence-electron chi connectivity index (χ4n) is 3.90. The van der Waals surface area contributed by atoms with Crippen molar-refractivity contribution >= 4 is 35.4 Å². The number of hydrogen-bond donors (Lipinski definition) is 4. The maximum Gasteiger partial charge on any atom is 0.362 e. The molecule has 11 heteroatoms. The molecule has 0 fully saturated rings. The molecule has 5 N–H and O–H groups in total. The molecule has 2 aliphatic heterocycles. The van der Waals surface area contributed by atoms with Gasteiger partial charge >= 0.3 is 17.9 Å². The molecule has 0 saturated heterocycles. The number of carboxylic acid groups (broad SMARTS) is 4. The van der Waals surface area contributed by atoms with Gasteiger partial charge in [0, 0.05) is 38.0 Å². The highest BCUT2D eigenvalue weighted by Gasteiger charge is 2.24. The van der Waals surface area contributed by atoms with Crippen molar-refractivity contribution < 1.29 is 44.9 Å². The molecule has 0 aromatic heterocycles. The van der Waals surface area contributed by atoms with Gasteiger partial charge in [-0.25, -0.2) is 9.79 Å². The van der Waals surface area contributed by atoms with Crippen molar-refractivity contribution in [2.24, 2.45) is 15.9 Å². The highest BCUT2D eigenvalue weighted by atomic mass is 16.4. The molecule has 0 amide bonds. The van der Waals surface area contributed by atoms with Crippen LogP contribution in [0.3, 0.4) is 0 Å². The molecule has 0 aromatic rings. The Bertz CT molecular complexity index is 719. The van der Waals surface area contributed by atoms with Crippen molar-refractivity contribution in [1.82, 2.24) is 0 Å². The topological polar surface area (TPSA) is 193 Å². The summed E-state index contributed by atoms with van der Waals surface area (Å²) in [5, 5.41) is 37.1. The van der Waals surface area contributed by atoms with E-state index in [-0.39, 0.29) is 18.4 Å². The van der Waals surface area contributed by atoms with Gasteiger partial charge in [0.15, 0.2) is 11.9 Å². The zero-order valence-electron chi connectivity index (χ0n) is 25.0. The molecule has 0 saturated carbocycles. The molecule has 0 bridgehead atoms. The lowest BCUT2D eigenvalue weighted by atomic mass is 9.97. The quantitative estimate of drug-likeness (QED) is 0.228. The third kappa shape index (κ3) is 26.8. The SMILES string of the molecule is CC1=NCCC(C(=O)O)C1.CC1=NCCC(C(=O)O)[NH2+]1.CCCCCCCC(=O)O.CCCCCCCC(=O)[O-]. The second-order valence-corrected chi connectivity index (χ2v) is 10.2. The van der Waals surface area contributed by atoms with Crippen LogP contribution in [0.4, 0.5) is 0 Å². The van der Waals surface area contributed by atoms with Crippen molar-refractivity contribution in [3.63, 3.8) is 0 Å². The first-order valence-electron chi connectivity index (χ1n) is 14.7.